The molecule has 0 radical (unpaired) electrons. The summed E-state index contributed by atoms with van der Waals surface area (Å²) in [6.07, 6.45) is -3.33. The normalized spacial score (nSPS) is 46.4. The quantitative estimate of drug-likeness (QED) is 0.635. The van der Waals surface area contributed by atoms with Crippen molar-refractivity contribution >= 4 is 0 Å². The average molecular weight is 276 g/mol. The smallest absolute Gasteiger partial charge is 0.225 e. The molecule has 0 spiro atoms. The zero-order valence-electron chi connectivity index (χ0n) is 11.5. The van der Waals surface area contributed by atoms with Gasteiger partial charge in [0, 0.05) is 0 Å². The molecule has 7 heteroatoms. The Morgan fingerprint density at radius 1 is 0.895 bits per heavy atom. The van der Waals surface area contributed by atoms with E-state index in [9.17, 15) is 10.2 Å². The molecule has 4 atom stereocenters. The summed E-state index contributed by atoms with van der Waals surface area (Å²) >= 11 is 0. The maximum Gasteiger partial charge on any atom is 0.225 e. The highest BCUT2D eigenvalue weighted by Crippen LogP contribution is 2.44. The van der Waals surface area contributed by atoms with E-state index in [1.165, 1.54) is 0 Å². The van der Waals surface area contributed by atoms with Crippen LogP contribution >= 0.6 is 0 Å². The van der Waals surface area contributed by atoms with Gasteiger partial charge in [0.15, 0.2) is 24.0 Å². The molecule has 0 aliphatic carbocycles. The highest BCUT2D eigenvalue weighted by molar-refractivity contribution is 5.02. The zero-order chi connectivity index (χ0) is 14.1. The van der Waals surface area contributed by atoms with E-state index in [0.29, 0.717) is 0 Å². The molecule has 0 aromatic rings. The largest absolute Gasteiger partial charge is 0.361 e. The van der Waals surface area contributed by atoms with E-state index >= 15 is 0 Å². The van der Waals surface area contributed by atoms with Crippen molar-refractivity contribution in [2.24, 2.45) is 0 Å². The third-order valence-corrected chi connectivity index (χ3v) is 3.54. The van der Waals surface area contributed by atoms with E-state index in [-0.39, 0.29) is 6.61 Å². The van der Waals surface area contributed by atoms with Crippen LogP contribution in [0, 0.1) is 0 Å². The predicted octanol–water partition coefficient (Wildman–Crippen LogP) is -0.305. The van der Waals surface area contributed by atoms with Gasteiger partial charge in [0.05, 0.1) is 6.61 Å². The van der Waals surface area contributed by atoms with Crippen LogP contribution in [0.5, 0.6) is 0 Å². The Hall–Kier alpha value is -0.280. The van der Waals surface area contributed by atoms with Gasteiger partial charge in [-0.2, -0.15) is 0 Å². The van der Waals surface area contributed by atoms with Crippen LogP contribution in [0.3, 0.4) is 0 Å². The van der Waals surface area contributed by atoms with Crippen molar-refractivity contribution < 1.29 is 33.9 Å². The van der Waals surface area contributed by atoms with Crippen molar-refractivity contribution in [3.63, 3.8) is 0 Å². The first kappa shape index (κ1) is 13.7. The highest BCUT2D eigenvalue weighted by atomic mass is 16.9. The first-order valence-electron chi connectivity index (χ1n) is 6.38. The summed E-state index contributed by atoms with van der Waals surface area (Å²) in [6.45, 7) is 7.13. The molecule has 3 rings (SSSR count). The van der Waals surface area contributed by atoms with Gasteiger partial charge in [-0.1, -0.05) is 0 Å². The number of aliphatic hydroxyl groups is 2. The minimum Gasteiger partial charge on any atom is -0.361 e. The Labute approximate surface area is 111 Å². The number of fused-ring (bicyclic) bond motifs is 1. The molecule has 2 N–H and O–H groups in total. The molecule has 3 aliphatic heterocycles. The number of hydrogen-bond donors (Lipinski definition) is 2. The van der Waals surface area contributed by atoms with Crippen molar-refractivity contribution in [2.45, 2.75) is 69.7 Å². The predicted molar refractivity (Wildman–Crippen MR) is 60.8 cm³/mol. The van der Waals surface area contributed by atoms with Crippen LogP contribution in [0.1, 0.15) is 27.7 Å². The van der Waals surface area contributed by atoms with Crippen molar-refractivity contribution in [3.8, 4) is 0 Å². The summed E-state index contributed by atoms with van der Waals surface area (Å²) in [7, 11) is 0. The second-order valence-corrected chi connectivity index (χ2v) is 6.13. The van der Waals surface area contributed by atoms with E-state index in [2.05, 4.69) is 0 Å². The molecule has 3 aliphatic rings. The monoisotopic (exact) mass is 276 g/mol. The summed E-state index contributed by atoms with van der Waals surface area (Å²) < 4.78 is 27.6. The Balaban J connectivity index is 1.77. The molecule has 110 valence electrons. The van der Waals surface area contributed by atoms with Crippen LogP contribution in [0.2, 0.25) is 0 Å². The van der Waals surface area contributed by atoms with Gasteiger partial charge in [-0.05, 0) is 27.7 Å². The fourth-order valence-corrected chi connectivity index (χ4v) is 2.75. The molecule has 0 amide bonds. The Bertz CT molecular complexity index is 378. The van der Waals surface area contributed by atoms with E-state index in [1.54, 1.807) is 27.7 Å². The van der Waals surface area contributed by atoms with Gasteiger partial charge in [-0.3, -0.25) is 0 Å². The minimum absolute atomic E-state index is 0.226. The molecule has 0 aromatic carbocycles. The van der Waals surface area contributed by atoms with Gasteiger partial charge >= 0.3 is 0 Å². The van der Waals surface area contributed by atoms with Gasteiger partial charge < -0.3 is 33.9 Å². The molecule has 3 saturated heterocycles. The van der Waals surface area contributed by atoms with Gasteiger partial charge in [0.1, 0.15) is 12.2 Å². The zero-order valence-corrected chi connectivity index (χ0v) is 11.5. The lowest BCUT2D eigenvalue weighted by Gasteiger charge is -2.31. The molecule has 0 bridgehead atoms. The fraction of sp³-hybridized carbons (Fsp3) is 1.00. The van der Waals surface area contributed by atoms with E-state index < -0.39 is 42.0 Å². The Morgan fingerprint density at radius 3 is 2.11 bits per heavy atom. The van der Waals surface area contributed by atoms with Crippen LogP contribution in [0.25, 0.3) is 0 Å². The summed E-state index contributed by atoms with van der Waals surface area (Å²) in [5.74, 6) is -3.83. The van der Waals surface area contributed by atoms with Crippen LogP contribution in [0.15, 0.2) is 0 Å². The molecule has 0 aromatic heterocycles. The second kappa shape index (κ2) is 3.88. The molecule has 0 unspecified atom stereocenters. The Kier molecular flexibility index (Phi) is 2.80. The van der Waals surface area contributed by atoms with Gasteiger partial charge in [0.2, 0.25) is 5.79 Å². The van der Waals surface area contributed by atoms with Gasteiger partial charge in [-0.25, -0.2) is 0 Å². The molecule has 3 fully saturated rings. The average Bonchev–Trinajstić information content (AvgIpc) is 2.80. The van der Waals surface area contributed by atoms with Crippen LogP contribution < -0.4 is 0 Å². The van der Waals surface area contributed by atoms with Crippen LogP contribution in [-0.2, 0) is 23.7 Å². The molecule has 19 heavy (non-hydrogen) atoms. The molecular weight excluding hydrogens is 256 g/mol. The second-order valence-electron chi connectivity index (χ2n) is 6.13. The van der Waals surface area contributed by atoms with Crippen molar-refractivity contribution in [3.05, 3.63) is 0 Å². The lowest BCUT2D eigenvalue weighted by molar-refractivity contribution is -0.297. The van der Waals surface area contributed by atoms with Crippen LogP contribution in [0.4, 0.5) is 0 Å². The number of ether oxygens (including phenoxy) is 5. The minimum atomic E-state index is -2.17. The summed E-state index contributed by atoms with van der Waals surface area (Å²) in [5.41, 5.74) is 0. The third-order valence-electron chi connectivity index (χ3n) is 3.54. The maximum absolute atomic E-state index is 10.3. The van der Waals surface area contributed by atoms with E-state index in [4.69, 9.17) is 23.7 Å². The summed E-state index contributed by atoms with van der Waals surface area (Å²) in [6, 6.07) is 0. The maximum atomic E-state index is 10.3. The molecule has 3 heterocycles. The van der Waals surface area contributed by atoms with E-state index in [1.807, 2.05) is 0 Å². The van der Waals surface area contributed by atoms with Crippen LogP contribution in [-0.4, -0.2) is 58.8 Å². The van der Waals surface area contributed by atoms with Crippen molar-refractivity contribution in [2.75, 3.05) is 6.61 Å². The standard InChI is InChI=1S/C12H20O7/c1-10(2)15-5-6(17-10)7-12(13,14)8-9(16-7)19-11(3,4)18-8/h6-9,13-14H,5H2,1-4H3/t6-,7-,8+,9+/m1/s1. The first-order valence-corrected chi connectivity index (χ1v) is 6.38. The lowest BCUT2D eigenvalue weighted by Crippen LogP contribution is -2.54. The number of hydrogen-bond acceptors (Lipinski definition) is 7. The number of rotatable bonds is 1. The SMILES string of the molecule is CC1(C)OC[C@H]([C@H]2O[C@H]3OC(C)(C)O[C@@H]3C2(O)O)O1. The lowest BCUT2D eigenvalue weighted by atomic mass is 10.0. The fourth-order valence-electron chi connectivity index (χ4n) is 2.75. The van der Waals surface area contributed by atoms with E-state index in [0.717, 1.165) is 0 Å². The summed E-state index contributed by atoms with van der Waals surface area (Å²) in [4.78, 5) is 0. The molecule has 7 nitrogen and oxygen atoms in total. The van der Waals surface area contributed by atoms with Crippen molar-refractivity contribution in [1.82, 2.24) is 0 Å². The first-order chi connectivity index (χ1) is 8.61. The molecular formula is C12H20O7. The molecule has 0 saturated carbocycles. The van der Waals surface area contributed by atoms with Gasteiger partial charge in [-0.15, -0.1) is 0 Å². The Morgan fingerprint density at radius 2 is 1.58 bits per heavy atom. The highest BCUT2D eigenvalue weighted by Gasteiger charge is 2.65. The van der Waals surface area contributed by atoms with Crippen molar-refractivity contribution in [1.29, 1.82) is 0 Å². The van der Waals surface area contributed by atoms with Gasteiger partial charge in [0.25, 0.3) is 0 Å². The topological polar surface area (TPSA) is 86.6 Å². The summed E-state index contributed by atoms with van der Waals surface area (Å²) in [5, 5.41) is 20.6. The third kappa shape index (κ3) is 2.19.